The van der Waals surface area contributed by atoms with Crippen LogP contribution in [0.1, 0.15) is 29.6 Å². The third-order valence-electron chi connectivity index (χ3n) is 4.67. The van der Waals surface area contributed by atoms with Gasteiger partial charge in [0, 0.05) is 37.3 Å². The van der Waals surface area contributed by atoms with Gasteiger partial charge in [-0.2, -0.15) is 13.2 Å². The van der Waals surface area contributed by atoms with Crippen LogP contribution < -0.4 is 0 Å². The monoisotopic (exact) mass is 387 g/mol. The second-order valence-electron chi connectivity index (χ2n) is 6.89. The molecule has 142 valence electrons. The average molecular weight is 388 g/mol. The molecule has 2 aromatic rings. The molecule has 2 heterocycles. The minimum Gasteiger partial charge on any atom is -0.387 e. The van der Waals surface area contributed by atoms with Crippen LogP contribution in [0.2, 0.25) is 5.02 Å². The molecule has 4 nitrogen and oxygen atoms in total. The number of alkyl halides is 3. The zero-order valence-corrected chi connectivity index (χ0v) is 15.1. The van der Waals surface area contributed by atoms with Gasteiger partial charge in [-0.3, -0.25) is 0 Å². The van der Waals surface area contributed by atoms with E-state index in [1.54, 1.807) is 22.8 Å². The van der Waals surface area contributed by atoms with E-state index in [1.807, 2.05) is 18.0 Å². The molecule has 1 aliphatic heterocycles. The van der Waals surface area contributed by atoms with E-state index in [-0.39, 0.29) is 5.92 Å². The normalized spacial score (nSPS) is 18.8. The van der Waals surface area contributed by atoms with Crippen molar-refractivity contribution >= 4 is 11.6 Å². The predicted octanol–water partition coefficient (Wildman–Crippen LogP) is 3.78. The zero-order chi connectivity index (χ0) is 18.9. The van der Waals surface area contributed by atoms with Crippen molar-refractivity contribution in [3.05, 3.63) is 52.6 Å². The summed E-state index contributed by atoms with van der Waals surface area (Å²) in [7, 11) is 1.90. The first kappa shape index (κ1) is 19.2. The van der Waals surface area contributed by atoms with E-state index in [2.05, 4.69) is 4.98 Å². The Balaban J connectivity index is 1.57. The lowest BCUT2D eigenvalue weighted by Gasteiger charge is -2.29. The van der Waals surface area contributed by atoms with Gasteiger partial charge >= 0.3 is 6.18 Å². The van der Waals surface area contributed by atoms with E-state index >= 15 is 0 Å². The molecule has 0 amide bonds. The molecule has 8 heteroatoms. The topological polar surface area (TPSA) is 41.3 Å². The van der Waals surface area contributed by atoms with Gasteiger partial charge in [-0.1, -0.05) is 23.7 Å². The molecule has 1 aromatic heterocycles. The molecule has 1 aliphatic rings. The van der Waals surface area contributed by atoms with E-state index < -0.39 is 18.0 Å². The van der Waals surface area contributed by atoms with Crippen LogP contribution in [0.15, 0.2) is 30.5 Å². The first-order chi connectivity index (χ1) is 12.2. The predicted molar refractivity (Wildman–Crippen MR) is 92.9 cm³/mol. The van der Waals surface area contributed by atoms with E-state index in [1.165, 1.54) is 0 Å². The van der Waals surface area contributed by atoms with Crippen molar-refractivity contribution in [3.63, 3.8) is 0 Å². The fraction of sp³-hybridized carbons (Fsp3) is 0.500. The number of aliphatic hydroxyl groups is 1. The summed E-state index contributed by atoms with van der Waals surface area (Å²) in [6, 6.07) is 7.10. The number of aryl methyl sites for hydroxylation is 1. The van der Waals surface area contributed by atoms with Gasteiger partial charge in [0.1, 0.15) is 5.82 Å². The quantitative estimate of drug-likeness (QED) is 0.848. The number of halogens is 4. The molecular formula is C18H21ClF3N3O. The lowest BCUT2D eigenvalue weighted by Crippen LogP contribution is -2.33. The molecule has 2 unspecified atom stereocenters. The summed E-state index contributed by atoms with van der Waals surface area (Å²) in [4.78, 5) is 5.71. The Kier molecular flexibility index (Phi) is 5.60. The van der Waals surface area contributed by atoms with Gasteiger partial charge < -0.3 is 14.6 Å². The molecule has 0 aliphatic carbocycles. The number of hydrogen-bond acceptors (Lipinski definition) is 3. The van der Waals surface area contributed by atoms with Crippen LogP contribution in [-0.2, 0) is 19.1 Å². The summed E-state index contributed by atoms with van der Waals surface area (Å²) >= 11 is 5.95. The summed E-state index contributed by atoms with van der Waals surface area (Å²) < 4.78 is 40.0. The highest BCUT2D eigenvalue weighted by atomic mass is 35.5. The van der Waals surface area contributed by atoms with Crippen LogP contribution in [0.25, 0.3) is 0 Å². The van der Waals surface area contributed by atoms with Crippen molar-refractivity contribution in [2.75, 3.05) is 20.1 Å². The number of aromatic nitrogens is 2. The maximum Gasteiger partial charge on any atom is 0.434 e. The Hall–Kier alpha value is -1.57. The molecule has 0 saturated carbocycles. The van der Waals surface area contributed by atoms with Crippen molar-refractivity contribution in [1.82, 2.24) is 14.5 Å². The summed E-state index contributed by atoms with van der Waals surface area (Å²) in [5, 5.41) is 10.9. The average Bonchev–Trinajstić information content (AvgIpc) is 2.98. The van der Waals surface area contributed by atoms with E-state index in [9.17, 15) is 18.3 Å². The Morgan fingerprint density at radius 2 is 2.19 bits per heavy atom. The molecule has 1 aromatic carbocycles. The summed E-state index contributed by atoms with van der Waals surface area (Å²) in [6.45, 7) is 1.63. The second-order valence-corrected chi connectivity index (χ2v) is 7.33. The largest absolute Gasteiger partial charge is 0.434 e. The van der Waals surface area contributed by atoms with Crippen LogP contribution in [0, 0.1) is 5.92 Å². The van der Waals surface area contributed by atoms with Crippen molar-refractivity contribution in [2.24, 2.45) is 5.92 Å². The Labute approximate surface area is 155 Å². The number of nitrogens with zero attached hydrogens (tertiary/aromatic N) is 3. The first-order valence-electron chi connectivity index (χ1n) is 8.47. The molecule has 0 fully saturated rings. The lowest BCUT2D eigenvalue weighted by molar-refractivity contribution is -0.141. The molecule has 0 spiro atoms. The number of rotatable bonds is 5. The minimum atomic E-state index is -4.41. The summed E-state index contributed by atoms with van der Waals surface area (Å²) in [6.07, 6.45) is -2.65. The van der Waals surface area contributed by atoms with Gasteiger partial charge in [0.15, 0.2) is 5.69 Å². The van der Waals surface area contributed by atoms with Crippen molar-refractivity contribution < 1.29 is 18.3 Å². The smallest absolute Gasteiger partial charge is 0.387 e. The number of fused-ring (bicyclic) bond motifs is 1. The number of benzene rings is 1. The SMILES string of the molecule is CN(CC1CCc2nc(C(F)(F)F)cn2C1)CC(O)c1cccc(Cl)c1. The number of imidazole rings is 1. The first-order valence-corrected chi connectivity index (χ1v) is 8.85. The molecular weight excluding hydrogens is 367 g/mol. The lowest BCUT2D eigenvalue weighted by atomic mass is 9.98. The van der Waals surface area contributed by atoms with E-state index in [0.29, 0.717) is 36.9 Å². The third kappa shape index (κ3) is 4.58. The zero-order valence-electron chi connectivity index (χ0n) is 14.4. The standard InChI is InChI=1S/C18H21ClF3N3O/c1-24(10-15(26)13-3-2-4-14(19)7-13)8-12-5-6-17-23-16(18(20,21)22)11-25(17)9-12/h2-4,7,11-12,15,26H,5-6,8-10H2,1H3. The number of aliphatic hydroxyl groups excluding tert-OH is 1. The molecule has 3 rings (SSSR count). The van der Waals surface area contributed by atoms with Crippen LogP contribution in [0.5, 0.6) is 0 Å². The third-order valence-corrected chi connectivity index (χ3v) is 4.90. The van der Waals surface area contributed by atoms with Crippen molar-refractivity contribution in [2.45, 2.75) is 31.7 Å². The van der Waals surface area contributed by atoms with Gasteiger partial charge in [-0.15, -0.1) is 0 Å². The fourth-order valence-corrected chi connectivity index (χ4v) is 3.63. The van der Waals surface area contributed by atoms with E-state index in [4.69, 9.17) is 11.6 Å². The molecule has 0 saturated heterocycles. The minimum absolute atomic E-state index is 0.217. The van der Waals surface area contributed by atoms with Gasteiger partial charge in [0.05, 0.1) is 6.10 Å². The highest BCUT2D eigenvalue weighted by molar-refractivity contribution is 6.30. The van der Waals surface area contributed by atoms with Crippen LogP contribution >= 0.6 is 11.6 Å². The van der Waals surface area contributed by atoms with Crippen LogP contribution in [-0.4, -0.2) is 39.7 Å². The summed E-state index contributed by atoms with van der Waals surface area (Å²) in [5.74, 6) is 0.713. The summed E-state index contributed by atoms with van der Waals surface area (Å²) in [5.41, 5.74) is -0.0717. The maximum absolute atomic E-state index is 12.8. The Bertz CT molecular complexity index is 762. The van der Waals surface area contributed by atoms with Gasteiger partial charge in [-0.05, 0) is 37.1 Å². The molecule has 2 atom stereocenters. The number of likely N-dealkylation sites (N-methyl/N-ethyl adjacent to an activating group) is 1. The molecule has 0 radical (unpaired) electrons. The molecule has 26 heavy (non-hydrogen) atoms. The van der Waals surface area contributed by atoms with E-state index in [0.717, 1.165) is 18.2 Å². The molecule has 1 N–H and O–H groups in total. The fourth-order valence-electron chi connectivity index (χ4n) is 3.43. The van der Waals surface area contributed by atoms with Crippen molar-refractivity contribution in [1.29, 1.82) is 0 Å². The highest BCUT2D eigenvalue weighted by Gasteiger charge is 2.35. The van der Waals surface area contributed by atoms with Crippen LogP contribution in [0.4, 0.5) is 13.2 Å². The van der Waals surface area contributed by atoms with Gasteiger partial charge in [-0.25, -0.2) is 4.98 Å². The number of hydrogen-bond donors (Lipinski definition) is 1. The molecule has 0 bridgehead atoms. The maximum atomic E-state index is 12.8. The second kappa shape index (κ2) is 7.58. The Morgan fingerprint density at radius 3 is 2.88 bits per heavy atom. The van der Waals surface area contributed by atoms with Gasteiger partial charge in [0.25, 0.3) is 0 Å². The van der Waals surface area contributed by atoms with Gasteiger partial charge in [0.2, 0.25) is 0 Å². The Morgan fingerprint density at radius 1 is 1.42 bits per heavy atom. The highest BCUT2D eigenvalue weighted by Crippen LogP contribution is 2.31. The van der Waals surface area contributed by atoms with Crippen LogP contribution in [0.3, 0.4) is 0 Å². The van der Waals surface area contributed by atoms with Crippen molar-refractivity contribution in [3.8, 4) is 0 Å².